The van der Waals surface area contributed by atoms with Crippen LogP contribution >= 0.6 is 0 Å². The maximum absolute atomic E-state index is 13.8. The molecular weight excluding hydrogens is 1370 g/mol. The number of fused-ring (bicyclic) bond motifs is 1. The van der Waals surface area contributed by atoms with Crippen LogP contribution in [0.25, 0.3) is 10.8 Å². The van der Waals surface area contributed by atoms with Crippen molar-refractivity contribution in [3.8, 4) is 23.0 Å². The average molecular weight is 1470 g/mol. The van der Waals surface area contributed by atoms with Gasteiger partial charge < -0.3 is 75.3 Å². The number of methoxy groups -OCH3 is 2. The van der Waals surface area contributed by atoms with Crippen molar-refractivity contribution in [3.63, 3.8) is 0 Å². The van der Waals surface area contributed by atoms with Crippen molar-refractivity contribution in [2.24, 2.45) is 0 Å². The molecule has 5 aromatic carbocycles. The number of nitrogens with zero attached hydrogens (tertiary/aromatic N) is 2. The van der Waals surface area contributed by atoms with Gasteiger partial charge in [0, 0.05) is 77.3 Å². The van der Waals surface area contributed by atoms with Crippen LogP contribution in [0.1, 0.15) is 146 Å². The Hall–Kier alpha value is -11.4. The Morgan fingerprint density at radius 3 is 1.47 bits per heavy atom. The largest absolute Gasteiger partial charge is 0.496 e. The van der Waals surface area contributed by atoms with Gasteiger partial charge in [-0.1, -0.05) is 36.4 Å². The van der Waals surface area contributed by atoms with E-state index in [1.54, 1.807) is 82.8 Å². The summed E-state index contributed by atoms with van der Waals surface area (Å²) in [6.45, 7) is 15.1. The highest BCUT2D eigenvalue weighted by Crippen LogP contribution is 2.34. The summed E-state index contributed by atoms with van der Waals surface area (Å²) in [6.07, 6.45) is 0.423. The molecule has 1 aliphatic rings. The lowest BCUT2D eigenvalue weighted by Gasteiger charge is -2.33. The van der Waals surface area contributed by atoms with E-state index in [0.717, 1.165) is 10.9 Å². The molecule has 32 heteroatoms. The number of ether oxygens (including phenoxy) is 7. The summed E-state index contributed by atoms with van der Waals surface area (Å²) < 4.78 is 39.2. The van der Waals surface area contributed by atoms with E-state index >= 15 is 0 Å². The number of hydrazine groups is 2. The van der Waals surface area contributed by atoms with E-state index < -0.39 is 65.2 Å². The van der Waals surface area contributed by atoms with Crippen molar-refractivity contribution in [1.82, 2.24) is 52.8 Å². The zero-order valence-electron chi connectivity index (χ0n) is 61.7. The van der Waals surface area contributed by atoms with Gasteiger partial charge in [0.15, 0.2) is 0 Å². The van der Waals surface area contributed by atoms with Crippen molar-refractivity contribution in [3.05, 3.63) is 114 Å². The fourth-order valence-corrected chi connectivity index (χ4v) is 10.6. The van der Waals surface area contributed by atoms with Crippen molar-refractivity contribution in [2.45, 2.75) is 149 Å². The molecule has 6 rings (SSSR count). The molecule has 0 aliphatic carbocycles. The molecule has 32 nitrogen and oxygen atoms in total. The van der Waals surface area contributed by atoms with Gasteiger partial charge in [0.2, 0.25) is 29.5 Å². The van der Waals surface area contributed by atoms with Gasteiger partial charge in [-0.3, -0.25) is 69.8 Å². The van der Waals surface area contributed by atoms with Gasteiger partial charge in [0.1, 0.15) is 52.9 Å². The Labute approximate surface area is 615 Å². The summed E-state index contributed by atoms with van der Waals surface area (Å²) >= 11 is 0. The van der Waals surface area contributed by atoms with Gasteiger partial charge in [-0.25, -0.2) is 14.4 Å². The molecule has 0 bridgehead atoms. The second kappa shape index (κ2) is 41.8. The molecule has 5 aromatic rings. The maximum Gasteiger partial charge on any atom is 0.410 e. The van der Waals surface area contributed by atoms with E-state index in [1.807, 2.05) is 41.3 Å². The molecular formula is C74H99N13O19. The molecule has 574 valence electrons. The third-order valence-corrected chi connectivity index (χ3v) is 15.6. The molecule has 1 fully saturated rings. The highest BCUT2D eigenvalue weighted by molar-refractivity contribution is 6.02. The number of alkyl carbamates (subject to hydrolysis) is 2. The first-order valence-corrected chi connectivity index (χ1v) is 34.9. The summed E-state index contributed by atoms with van der Waals surface area (Å²) in [7, 11) is 2.71. The van der Waals surface area contributed by atoms with Gasteiger partial charge in [-0.05, 0) is 170 Å². The maximum atomic E-state index is 13.8. The number of benzene rings is 5. The van der Waals surface area contributed by atoms with Gasteiger partial charge in [0.05, 0.1) is 50.8 Å². The molecule has 106 heavy (non-hydrogen) atoms. The molecule has 0 saturated carbocycles. The third kappa shape index (κ3) is 30.1. The van der Waals surface area contributed by atoms with E-state index in [1.165, 1.54) is 52.3 Å². The third-order valence-electron chi connectivity index (χ3n) is 15.6. The summed E-state index contributed by atoms with van der Waals surface area (Å²) in [4.78, 5) is 158. The zero-order chi connectivity index (χ0) is 77.3. The lowest BCUT2D eigenvalue weighted by molar-refractivity contribution is -0.124. The molecule has 1 saturated heterocycles. The summed E-state index contributed by atoms with van der Waals surface area (Å²) in [6, 6.07) is 24.8. The van der Waals surface area contributed by atoms with E-state index in [0.29, 0.717) is 92.2 Å². The minimum absolute atomic E-state index is 0.00973. The Morgan fingerprint density at radius 1 is 0.491 bits per heavy atom. The van der Waals surface area contributed by atoms with Crippen molar-refractivity contribution in [1.29, 1.82) is 0 Å². The number of carbonyl (C=O) groups excluding carboxylic acids is 12. The first-order chi connectivity index (χ1) is 50.4. The monoisotopic (exact) mass is 1470 g/mol. The van der Waals surface area contributed by atoms with Crippen LogP contribution in [0.2, 0.25) is 0 Å². The standard InChI is InChI=1S/C74H99N13O19/c1-47(88)77-52-27-30-60(100-9)55(43-52)66(93)82-84-68(95)57(80-70(97)105-73(3,4)5)22-14-16-32-75-63(90)24-18-38-102-54-29-26-50-41-59(79-65(92)45-86-34-36-87(37-35-86)72(99)104-46-49-20-12-11-13-21-49)62(42-51(50)40-54)103-39-19-25-64(91)76-33-17-15-23-58(81-71(98)106-74(6,7)8)69(96)85-83-67(94)56-44-53(78-48(2)89)28-31-61(56)101-10/h11-13,20-21,26-31,40-44,57-58H,14-19,22-25,32-39,45-46H2,1-10H3,(H,75,90)(H,76,91)(H,77,88)(H,78,89)(H,79,92)(H,80,97)(H,81,98)(H,82,93)(H,83,94)(H,84,95)(H,85,96)/t57-,58-/m0/s1. The number of rotatable bonds is 35. The van der Waals surface area contributed by atoms with Crippen molar-refractivity contribution in [2.75, 3.05) is 89.2 Å². The van der Waals surface area contributed by atoms with Crippen LogP contribution in [-0.4, -0.2) is 178 Å². The highest BCUT2D eigenvalue weighted by atomic mass is 16.6. The molecule has 0 radical (unpaired) electrons. The number of piperazine rings is 1. The van der Waals surface area contributed by atoms with Crippen LogP contribution in [0.3, 0.4) is 0 Å². The van der Waals surface area contributed by atoms with Crippen LogP contribution in [0, 0.1) is 0 Å². The Morgan fingerprint density at radius 2 is 0.991 bits per heavy atom. The molecule has 12 amide bonds. The van der Waals surface area contributed by atoms with E-state index in [2.05, 4.69) is 58.9 Å². The normalized spacial score (nSPS) is 12.6. The van der Waals surface area contributed by atoms with Gasteiger partial charge in [-0.15, -0.1) is 0 Å². The lowest BCUT2D eigenvalue weighted by atomic mass is 10.1. The quantitative estimate of drug-likeness (QED) is 0.0108. The highest BCUT2D eigenvalue weighted by Gasteiger charge is 2.29. The SMILES string of the molecule is COc1ccc(NC(C)=O)cc1C(=O)NNC(=O)[C@H](CCCCNC(=O)CCCOc1ccc2cc(NC(=O)CN3CCN(C(=O)OCc4ccccc4)CC3)c(OCCCC(=O)NCCCC[C@H](NC(=O)OC(C)(C)C)C(=O)NNC(=O)c3cc(NC(C)=O)ccc3OC)cc2c1)NC(=O)OC(C)(C)C. The van der Waals surface area contributed by atoms with Crippen LogP contribution in [0.4, 0.5) is 31.4 Å². The minimum Gasteiger partial charge on any atom is -0.496 e. The second-order valence-corrected chi connectivity index (χ2v) is 26.8. The fourth-order valence-electron chi connectivity index (χ4n) is 10.6. The van der Waals surface area contributed by atoms with E-state index in [4.69, 9.17) is 33.2 Å². The zero-order valence-corrected chi connectivity index (χ0v) is 61.7. The van der Waals surface area contributed by atoms with E-state index in [-0.39, 0.29) is 124 Å². The average Bonchev–Trinajstić information content (AvgIpc) is 0.803. The van der Waals surface area contributed by atoms with E-state index in [9.17, 15) is 57.5 Å². The topological polar surface area (TPSA) is 408 Å². The number of hydrogen-bond acceptors (Lipinski definition) is 20. The molecule has 1 aliphatic heterocycles. The minimum atomic E-state index is -1.17. The van der Waals surface area contributed by atoms with Gasteiger partial charge in [-0.2, -0.15) is 0 Å². The Kier molecular flexibility index (Phi) is 32.9. The predicted molar refractivity (Wildman–Crippen MR) is 393 cm³/mol. The van der Waals surface area contributed by atoms with Crippen LogP contribution in [0.5, 0.6) is 23.0 Å². The number of anilines is 3. The van der Waals surface area contributed by atoms with Crippen molar-refractivity contribution >= 4 is 99.3 Å². The number of amides is 12. The second-order valence-electron chi connectivity index (χ2n) is 26.8. The smallest absolute Gasteiger partial charge is 0.410 e. The summed E-state index contributed by atoms with van der Waals surface area (Å²) in [5, 5.41) is 20.4. The Bertz CT molecular complexity index is 3870. The molecule has 0 spiro atoms. The number of nitrogens with one attached hydrogen (secondary N) is 11. The summed E-state index contributed by atoms with van der Waals surface area (Å²) in [5.74, 6) is -3.43. The molecule has 0 aromatic heterocycles. The fraction of sp³-hybridized carbons (Fsp3) is 0.459. The van der Waals surface area contributed by atoms with Gasteiger partial charge >= 0.3 is 18.3 Å². The molecule has 11 N–H and O–H groups in total. The van der Waals surface area contributed by atoms with Gasteiger partial charge in [0.25, 0.3) is 23.6 Å². The molecule has 1 heterocycles. The lowest BCUT2D eigenvalue weighted by Crippen LogP contribution is -2.53. The predicted octanol–water partition coefficient (Wildman–Crippen LogP) is 7.27. The van der Waals surface area contributed by atoms with Crippen molar-refractivity contribution < 1.29 is 90.7 Å². The molecule has 0 unspecified atom stereocenters. The molecule has 2 atom stereocenters. The first-order valence-electron chi connectivity index (χ1n) is 34.9. The van der Waals surface area contributed by atoms with Crippen LogP contribution in [0.15, 0.2) is 97.1 Å². The van der Waals surface area contributed by atoms with Crippen LogP contribution < -0.4 is 77.9 Å². The number of hydrogen-bond donors (Lipinski definition) is 11. The number of carbonyl (C=O) groups is 12. The Balaban J connectivity index is 0.999. The number of unbranched alkanes of at least 4 members (excludes halogenated alkanes) is 2. The summed E-state index contributed by atoms with van der Waals surface area (Å²) in [5.41, 5.74) is 9.48. The first kappa shape index (κ1) is 83.5. The van der Waals surface area contributed by atoms with Crippen LogP contribution in [-0.2, 0) is 54.4 Å².